The van der Waals surface area contributed by atoms with E-state index in [1.54, 1.807) is 25.3 Å². The molecule has 6 nitrogen and oxygen atoms in total. The molecule has 2 aromatic carbocycles. The summed E-state index contributed by atoms with van der Waals surface area (Å²) in [4.78, 5) is 19.1. The third kappa shape index (κ3) is 3.73. The van der Waals surface area contributed by atoms with Crippen molar-refractivity contribution in [1.29, 1.82) is 0 Å². The molecule has 7 heteroatoms. The summed E-state index contributed by atoms with van der Waals surface area (Å²) in [6, 6.07) is 12.5. The number of hydrogen-bond acceptors (Lipinski definition) is 5. The van der Waals surface area contributed by atoms with Crippen molar-refractivity contribution in [2.24, 2.45) is 0 Å². The van der Waals surface area contributed by atoms with E-state index in [4.69, 9.17) is 20.9 Å². The van der Waals surface area contributed by atoms with Gasteiger partial charge in [0.25, 0.3) is 11.8 Å². The van der Waals surface area contributed by atoms with Crippen LogP contribution in [-0.4, -0.2) is 41.1 Å². The molecule has 4 rings (SSSR count). The van der Waals surface area contributed by atoms with Crippen LogP contribution in [-0.2, 0) is 0 Å². The molecule has 0 bridgehead atoms. The molecule has 0 unspecified atom stereocenters. The summed E-state index contributed by atoms with van der Waals surface area (Å²) >= 11 is 6.01. The minimum absolute atomic E-state index is 0.0460. The SMILES string of the molecule is COc1cc(Cl)ccc1-c1nc(-c2cccc(C(=O)N3CCCCC3)c2)no1. The second kappa shape index (κ2) is 8.02. The van der Waals surface area contributed by atoms with E-state index in [1.807, 2.05) is 29.2 Å². The van der Waals surface area contributed by atoms with Crippen molar-refractivity contribution >= 4 is 17.5 Å². The molecule has 2 heterocycles. The quantitative estimate of drug-likeness (QED) is 0.638. The lowest BCUT2D eigenvalue weighted by Crippen LogP contribution is -2.35. The Labute approximate surface area is 168 Å². The first kappa shape index (κ1) is 18.5. The monoisotopic (exact) mass is 397 g/mol. The van der Waals surface area contributed by atoms with Crippen molar-refractivity contribution < 1.29 is 14.1 Å². The smallest absolute Gasteiger partial charge is 0.262 e. The Morgan fingerprint density at radius 3 is 2.75 bits per heavy atom. The van der Waals surface area contributed by atoms with Crippen molar-refractivity contribution in [2.75, 3.05) is 20.2 Å². The summed E-state index contributed by atoms with van der Waals surface area (Å²) in [5.41, 5.74) is 2.02. The summed E-state index contributed by atoms with van der Waals surface area (Å²) in [5, 5.41) is 4.63. The van der Waals surface area contributed by atoms with E-state index in [-0.39, 0.29) is 5.91 Å². The number of rotatable bonds is 4. The normalized spacial score (nSPS) is 14.1. The number of amides is 1. The van der Waals surface area contributed by atoms with Crippen molar-refractivity contribution in [1.82, 2.24) is 15.0 Å². The van der Waals surface area contributed by atoms with E-state index in [2.05, 4.69) is 10.1 Å². The van der Waals surface area contributed by atoms with Gasteiger partial charge in [0.05, 0.1) is 12.7 Å². The first-order chi connectivity index (χ1) is 13.7. The Hall–Kier alpha value is -2.86. The van der Waals surface area contributed by atoms with Gasteiger partial charge in [-0.25, -0.2) is 0 Å². The van der Waals surface area contributed by atoms with Gasteiger partial charge < -0.3 is 14.2 Å². The van der Waals surface area contributed by atoms with Crippen molar-refractivity contribution in [3.8, 4) is 28.6 Å². The number of ether oxygens (including phenoxy) is 1. The number of aromatic nitrogens is 2. The molecule has 0 spiro atoms. The van der Waals surface area contributed by atoms with Crippen LogP contribution in [0.15, 0.2) is 47.0 Å². The predicted molar refractivity (Wildman–Crippen MR) is 106 cm³/mol. The fraction of sp³-hybridized carbons (Fsp3) is 0.286. The number of carbonyl (C=O) groups is 1. The topological polar surface area (TPSA) is 68.5 Å². The summed E-state index contributed by atoms with van der Waals surface area (Å²) < 4.78 is 10.8. The van der Waals surface area contributed by atoms with Gasteiger partial charge in [0, 0.05) is 29.2 Å². The maximum Gasteiger partial charge on any atom is 0.262 e. The number of piperidine rings is 1. The maximum atomic E-state index is 12.8. The Morgan fingerprint density at radius 2 is 1.96 bits per heavy atom. The molecule has 1 aliphatic heterocycles. The molecule has 0 atom stereocenters. The number of likely N-dealkylation sites (tertiary alicyclic amines) is 1. The van der Waals surface area contributed by atoms with E-state index in [0.29, 0.717) is 33.6 Å². The molecular weight excluding hydrogens is 378 g/mol. The highest BCUT2D eigenvalue weighted by molar-refractivity contribution is 6.30. The van der Waals surface area contributed by atoms with E-state index in [0.717, 1.165) is 31.5 Å². The third-order valence-electron chi connectivity index (χ3n) is 4.83. The minimum atomic E-state index is 0.0460. The van der Waals surface area contributed by atoms with Crippen LogP contribution in [0.5, 0.6) is 5.75 Å². The zero-order chi connectivity index (χ0) is 19.5. The molecular formula is C21H20ClN3O3. The van der Waals surface area contributed by atoms with Crippen LogP contribution in [0, 0.1) is 0 Å². The van der Waals surface area contributed by atoms with E-state index in [1.165, 1.54) is 6.42 Å². The van der Waals surface area contributed by atoms with Crippen molar-refractivity contribution in [2.45, 2.75) is 19.3 Å². The maximum absolute atomic E-state index is 12.8. The molecule has 1 aromatic heterocycles. The van der Waals surface area contributed by atoms with E-state index < -0.39 is 0 Å². The molecule has 0 aliphatic carbocycles. The fourth-order valence-corrected chi connectivity index (χ4v) is 3.52. The van der Waals surface area contributed by atoms with Gasteiger partial charge in [0.1, 0.15) is 5.75 Å². The Balaban J connectivity index is 1.62. The second-order valence-corrected chi connectivity index (χ2v) is 7.14. The van der Waals surface area contributed by atoms with Gasteiger partial charge in [-0.15, -0.1) is 0 Å². The van der Waals surface area contributed by atoms with Crippen LogP contribution in [0.2, 0.25) is 5.02 Å². The molecule has 1 aliphatic rings. The van der Waals surface area contributed by atoms with Gasteiger partial charge in [-0.1, -0.05) is 28.9 Å². The third-order valence-corrected chi connectivity index (χ3v) is 5.07. The number of nitrogens with zero attached hydrogens (tertiary/aromatic N) is 3. The minimum Gasteiger partial charge on any atom is -0.496 e. The van der Waals surface area contributed by atoms with E-state index in [9.17, 15) is 4.79 Å². The van der Waals surface area contributed by atoms with E-state index >= 15 is 0 Å². The van der Waals surface area contributed by atoms with Gasteiger partial charge in [-0.05, 0) is 49.6 Å². The Bertz CT molecular complexity index is 996. The second-order valence-electron chi connectivity index (χ2n) is 6.70. The highest BCUT2D eigenvalue weighted by Gasteiger charge is 2.20. The molecule has 144 valence electrons. The van der Waals surface area contributed by atoms with Gasteiger partial charge in [0.15, 0.2) is 0 Å². The van der Waals surface area contributed by atoms with Crippen molar-refractivity contribution in [3.63, 3.8) is 0 Å². The standard InChI is InChI=1S/C21H20ClN3O3/c1-27-18-13-16(22)8-9-17(18)20-23-19(24-28-20)14-6-5-7-15(12-14)21(26)25-10-3-2-4-11-25/h5-9,12-13H,2-4,10-11H2,1H3. The van der Waals surface area contributed by atoms with Gasteiger partial charge in [-0.3, -0.25) is 4.79 Å². The van der Waals surface area contributed by atoms with Crippen molar-refractivity contribution in [3.05, 3.63) is 53.1 Å². The molecule has 1 fully saturated rings. The van der Waals surface area contributed by atoms with Crippen LogP contribution in [0.4, 0.5) is 0 Å². The molecule has 28 heavy (non-hydrogen) atoms. The molecule has 1 amide bonds. The predicted octanol–water partition coefficient (Wildman–Crippen LogP) is 4.69. The number of methoxy groups -OCH3 is 1. The average Bonchev–Trinajstić information content (AvgIpc) is 3.24. The summed E-state index contributed by atoms with van der Waals surface area (Å²) in [6.07, 6.45) is 3.30. The largest absolute Gasteiger partial charge is 0.496 e. The van der Waals surface area contributed by atoms with Crippen LogP contribution >= 0.6 is 11.6 Å². The lowest BCUT2D eigenvalue weighted by Gasteiger charge is -2.26. The molecule has 0 radical (unpaired) electrons. The summed E-state index contributed by atoms with van der Waals surface area (Å²) in [6.45, 7) is 1.62. The first-order valence-electron chi connectivity index (χ1n) is 9.23. The highest BCUT2D eigenvalue weighted by Crippen LogP contribution is 2.32. The van der Waals surface area contributed by atoms with Crippen LogP contribution < -0.4 is 4.74 Å². The molecule has 0 N–H and O–H groups in total. The Morgan fingerprint density at radius 1 is 1.14 bits per heavy atom. The fourth-order valence-electron chi connectivity index (χ4n) is 3.36. The molecule has 3 aromatic rings. The zero-order valence-corrected chi connectivity index (χ0v) is 16.3. The zero-order valence-electron chi connectivity index (χ0n) is 15.5. The lowest BCUT2D eigenvalue weighted by molar-refractivity contribution is 0.0724. The first-order valence-corrected chi connectivity index (χ1v) is 9.61. The average molecular weight is 398 g/mol. The lowest BCUT2D eigenvalue weighted by atomic mass is 10.1. The Kier molecular flexibility index (Phi) is 5.30. The van der Waals surface area contributed by atoms with Crippen LogP contribution in [0.25, 0.3) is 22.8 Å². The highest BCUT2D eigenvalue weighted by atomic mass is 35.5. The summed E-state index contributed by atoms with van der Waals surface area (Å²) in [7, 11) is 1.56. The molecule has 0 saturated carbocycles. The number of hydrogen-bond donors (Lipinski definition) is 0. The summed E-state index contributed by atoms with van der Waals surface area (Å²) in [5.74, 6) is 1.35. The van der Waals surface area contributed by atoms with Gasteiger partial charge >= 0.3 is 0 Å². The van der Waals surface area contributed by atoms with Crippen LogP contribution in [0.1, 0.15) is 29.6 Å². The number of benzene rings is 2. The van der Waals surface area contributed by atoms with Gasteiger partial charge in [0.2, 0.25) is 5.82 Å². The number of halogens is 1. The van der Waals surface area contributed by atoms with Gasteiger partial charge in [-0.2, -0.15) is 4.98 Å². The number of carbonyl (C=O) groups excluding carboxylic acids is 1. The van der Waals surface area contributed by atoms with Crippen LogP contribution in [0.3, 0.4) is 0 Å². The molecule has 1 saturated heterocycles.